The quantitative estimate of drug-likeness (QED) is 0.182. The summed E-state index contributed by atoms with van der Waals surface area (Å²) in [6.45, 7) is 7.92. The number of benzene rings is 3. The first kappa shape index (κ1) is 34.4. The minimum absolute atomic E-state index is 0.214. The summed E-state index contributed by atoms with van der Waals surface area (Å²) < 4.78 is 0. The zero-order valence-corrected chi connectivity index (χ0v) is 26.2. The number of hydrogen-bond acceptors (Lipinski definition) is 6. The molecule has 0 fully saturated rings. The lowest BCUT2D eigenvalue weighted by Crippen LogP contribution is -2.50. The number of hydrogen-bond donors (Lipinski definition) is 4. The predicted molar refractivity (Wildman–Crippen MR) is 174 cm³/mol. The maximum absolute atomic E-state index is 13.9. The molecule has 3 rings (SSSR count). The highest BCUT2D eigenvalue weighted by Crippen LogP contribution is 2.16. The van der Waals surface area contributed by atoms with Crippen molar-refractivity contribution in [3.63, 3.8) is 0 Å². The van der Waals surface area contributed by atoms with Gasteiger partial charge in [-0.15, -0.1) is 0 Å². The van der Waals surface area contributed by atoms with E-state index in [1.165, 1.54) is 6.07 Å². The van der Waals surface area contributed by atoms with Crippen LogP contribution < -0.4 is 22.1 Å². The van der Waals surface area contributed by atoms with E-state index in [9.17, 15) is 19.2 Å². The molecule has 0 aliphatic heterocycles. The molecule has 0 saturated heterocycles. The number of ketones is 2. The second kappa shape index (κ2) is 16.6. The van der Waals surface area contributed by atoms with Gasteiger partial charge < -0.3 is 22.1 Å². The van der Waals surface area contributed by atoms with Crippen LogP contribution in [0.25, 0.3) is 0 Å². The summed E-state index contributed by atoms with van der Waals surface area (Å²) in [5.41, 5.74) is 14.6. The van der Waals surface area contributed by atoms with Gasteiger partial charge in [0.2, 0.25) is 11.8 Å². The molecule has 0 aromatic heterocycles. The highest BCUT2D eigenvalue weighted by atomic mass is 16.2. The van der Waals surface area contributed by atoms with Crippen molar-refractivity contribution in [2.75, 3.05) is 0 Å². The smallest absolute Gasteiger partial charge is 0.237 e. The second-order valence-corrected chi connectivity index (χ2v) is 12.3. The van der Waals surface area contributed by atoms with E-state index in [0.717, 1.165) is 11.1 Å². The third-order valence-corrected chi connectivity index (χ3v) is 7.39. The monoisotopic (exact) mass is 598 g/mol. The van der Waals surface area contributed by atoms with Crippen molar-refractivity contribution in [3.8, 4) is 0 Å². The molecule has 3 aromatic rings. The third-order valence-electron chi connectivity index (χ3n) is 7.39. The molecule has 0 aliphatic rings. The molecular weight excluding hydrogens is 552 g/mol. The number of nitrogens with two attached hydrogens (primary N) is 2. The van der Waals surface area contributed by atoms with E-state index in [1.807, 2.05) is 88.4 Å². The lowest BCUT2D eigenvalue weighted by Gasteiger charge is -2.23. The van der Waals surface area contributed by atoms with Crippen LogP contribution in [0.4, 0.5) is 0 Å². The number of rotatable bonds is 16. The van der Waals surface area contributed by atoms with Crippen molar-refractivity contribution in [2.24, 2.45) is 23.3 Å². The van der Waals surface area contributed by atoms with E-state index in [1.54, 1.807) is 18.2 Å². The summed E-state index contributed by atoms with van der Waals surface area (Å²) in [6.07, 6.45) is 1.49. The summed E-state index contributed by atoms with van der Waals surface area (Å²) >= 11 is 0. The van der Waals surface area contributed by atoms with Gasteiger partial charge in [0.15, 0.2) is 11.6 Å². The first-order valence-electron chi connectivity index (χ1n) is 15.3. The van der Waals surface area contributed by atoms with Crippen molar-refractivity contribution in [1.29, 1.82) is 0 Å². The standard InChI is InChI=1S/C36H46N4O4/c1-23(2)18-29(37)35(43)39-31(20-25-12-7-5-8-13-25)33(41)27-16-11-17-28(22-27)34(42)32(21-26-14-9-6-10-15-26)40-36(44)30(38)19-24(3)4/h5-17,22-24,29-32H,18-21,37-38H2,1-4H3,(H,39,43)(H,40,44)/t29-,30-,31-,32-/m0/s1. The molecule has 8 nitrogen and oxygen atoms in total. The van der Waals surface area contributed by atoms with Gasteiger partial charge in [-0.3, -0.25) is 19.2 Å². The Balaban J connectivity index is 1.89. The minimum atomic E-state index is -0.887. The van der Waals surface area contributed by atoms with Crippen molar-refractivity contribution in [2.45, 2.75) is 77.5 Å². The van der Waals surface area contributed by atoms with Crippen molar-refractivity contribution in [1.82, 2.24) is 10.6 Å². The Labute approximate surface area is 261 Å². The maximum Gasteiger partial charge on any atom is 0.237 e. The number of amides is 2. The Hall–Kier alpha value is -4.14. The van der Waals surface area contributed by atoms with Crippen LogP contribution in [0.3, 0.4) is 0 Å². The van der Waals surface area contributed by atoms with Crippen LogP contribution in [0.5, 0.6) is 0 Å². The number of Topliss-reactive ketones (excluding diaryl/α,β-unsaturated/α-hetero) is 2. The van der Waals surface area contributed by atoms with Crippen LogP contribution >= 0.6 is 0 Å². The Kier molecular flexibility index (Phi) is 13.0. The van der Waals surface area contributed by atoms with Gasteiger partial charge in [-0.1, -0.05) is 107 Å². The van der Waals surface area contributed by atoms with Gasteiger partial charge in [0, 0.05) is 24.0 Å². The number of nitrogens with one attached hydrogen (secondary N) is 2. The highest BCUT2D eigenvalue weighted by molar-refractivity contribution is 6.07. The molecule has 0 aliphatic carbocycles. The topological polar surface area (TPSA) is 144 Å². The molecule has 0 heterocycles. The van der Waals surface area contributed by atoms with Crippen molar-refractivity contribution >= 4 is 23.4 Å². The molecular formula is C36H46N4O4. The summed E-state index contributed by atoms with van der Waals surface area (Å²) in [5.74, 6) is -1.04. The fourth-order valence-corrected chi connectivity index (χ4v) is 5.13. The Bertz CT molecular complexity index is 1290. The number of carbonyl (C=O) groups excluding carboxylic acids is 4. The zero-order valence-electron chi connectivity index (χ0n) is 26.2. The van der Waals surface area contributed by atoms with Crippen LogP contribution in [0, 0.1) is 11.8 Å². The molecule has 8 heteroatoms. The van der Waals surface area contributed by atoms with E-state index < -0.39 is 36.0 Å². The van der Waals surface area contributed by atoms with E-state index in [-0.39, 0.29) is 47.4 Å². The maximum atomic E-state index is 13.9. The van der Waals surface area contributed by atoms with Gasteiger partial charge in [0.05, 0.1) is 24.2 Å². The molecule has 0 unspecified atom stereocenters. The Morgan fingerprint density at radius 2 is 0.932 bits per heavy atom. The highest BCUT2D eigenvalue weighted by Gasteiger charge is 2.28. The van der Waals surface area contributed by atoms with Crippen LogP contribution in [-0.4, -0.2) is 47.5 Å². The fourth-order valence-electron chi connectivity index (χ4n) is 5.13. The molecule has 0 radical (unpaired) electrons. The lowest BCUT2D eigenvalue weighted by molar-refractivity contribution is -0.123. The van der Waals surface area contributed by atoms with Crippen LogP contribution in [0.1, 0.15) is 72.4 Å². The molecule has 0 saturated carbocycles. The molecule has 6 N–H and O–H groups in total. The fraction of sp³-hybridized carbons (Fsp3) is 0.389. The Morgan fingerprint density at radius 3 is 1.27 bits per heavy atom. The summed E-state index contributed by atoms with van der Waals surface area (Å²) in [6, 6.07) is 22.0. The van der Waals surface area contributed by atoms with Gasteiger partial charge in [-0.2, -0.15) is 0 Å². The average Bonchev–Trinajstić information content (AvgIpc) is 3.00. The molecule has 2 amide bonds. The SMILES string of the molecule is CC(C)C[C@H](N)C(=O)N[C@@H](Cc1ccccc1)C(=O)c1cccc(C(=O)[C@H](Cc2ccccc2)NC(=O)[C@@H](N)CC(C)C)c1. The van der Waals surface area contributed by atoms with E-state index in [4.69, 9.17) is 11.5 Å². The summed E-state index contributed by atoms with van der Waals surface area (Å²) in [5, 5.41) is 5.72. The molecule has 234 valence electrons. The lowest BCUT2D eigenvalue weighted by atomic mass is 9.92. The van der Waals surface area contributed by atoms with Gasteiger partial charge in [-0.25, -0.2) is 0 Å². The number of carbonyl (C=O) groups is 4. The minimum Gasteiger partial charge on any atom is -0.344 e. The van der Waals surface area contributed by atoms with Crippen molar-refractivity contribution in [3.05, 3.63) is 107 Å². The summed E-state index contributed by atoms with van der Waals surface area (Å²) in [7, 11) is 0. The first-order chi connectivity index (χ1) is 20.9. The molecule has 44 heavy (non-hydrogen) atoms. The van der Waals surface area contributed by atoms with Crippen LogP contribution in [0.15, 0.2) is 84.9 Å². The first-order valence-corrected chi connectivity index (χ1v) is 15.3. The normalized spacial score (nSPS) is 14.0. The predicted octanol–water partition coefficient (Wildman–Crippen LogP) is 4.25. The van der Waals surface area contributed by atoms with Gasteiger partial charge in [0.1, 0.15) is 0 Å². The third kappa shape index (κ3) is 10.5. The summed E-state index contributed by atoms with van der Waals surface area (Å²) in [4.78, 5) is 53.7. The van der Waals surface area contributed by atoms with Crippen LogP contribution in [-0.2, 0) is 22.4 Å². The van der Waals surface area contributed by atoms with Gasteiger partial charge in [0.25, 0.3) is 0 Å². The average molecular weight is 599 g/mol. The largest absolute Gasteiger partial charge is 0.344 e. The molecule has 3 aromatic carbocycles. The second-order valence-electron chi connectivity index (χ2n) is 12.3. The molecule has 0 spiro atoms. The van der Waals surface area contributed by atoms with Crippen molar-refractivity contribution < 1.29 is 19.2 Å². The van der Waals surface area contributed by atoms with Gasteiger partial charge in [-0.05, 0) is 41.9 Å². The molecule has 4 atom stereocenters. The zero-order chi connectivity index (χ0) is 32.2. The Morgan fingerprint density at radius 1 is 0.568 bits per heavy atom. The van der Waals surface area contributed by atoms with E-state index in [0.29, 0.717) is 12.8 Å². The van der Waals surface area contributed by atoms with E-state index >= 15 is 0 Å². The van der Waals surface area contributed by atoms with Gasteiger partial charge >= 0.3 is 0 Å². The molecule has 0 bridgehead atoms. The van der Waals surface area contributed by atoms with E-state index in [2.05, 4.69) is 10.6 Å². The van der Waals surface area contributed by atoms with Crippen LogP contribution in [0.2, 0.25) is 0 Å².